The zero-order valence-corrected chi connectivity index (χ0v) is 12.4. The molecule has 0 saturated heterocycles. The largest absolute Gasteiger partial charge is 0.378 e. The Labute approximate surface area is 125 Å². The zero-order valence-electron chi connectivity index (χ0n) is 12.4. The molecule has 0 bridgehead atoms. The van der Waals surface area contributed by atoms with Gasteiger partial charge in [0.15, 0.2) is 0 Å². The summed E-state index contributed by atoms with van der Waals surface area (Å²) in [6.07, 6.45) is 6.04. The average molecular weight is 274 g/mol. The van der Waals surface area contributed by atoms with E-state index in [0.29, 0.717) is 0 Å². The number of anilines is 1. The number of nitriles is 1. The molecule has 0 aliphatic heterocycles. The van der Waals surface area contributed by atoms with Crippen LogP contribution in [0.25, 0.3) is 16.3 Å². The fourth-order valence-corrected chi connectivity index (χ4v) is 2.73. The Hall–Kier alpha value is -2.53. The molecule has 0 amide bonds. The third kappa shape index (κ3) is 2.55. The summed E-state index contributed by atoms with van der Waals surface area (Å²) < 4.78 is 0. The Bertz CT molecular complexity index is 789. The third-order valence-corrected chi connectivity index (χ3v) is 3.96. The van der Waals surface area contributed by atoms with E-state index >= 15 is 0 Å². The minimum atomic E-state index is 0.847. The number of benzene rings is 2. The van der Waals surface area contributed by atoms with E-state index in [0.717, 1.165) is 29.6 Å². The molecule has 0 radical (unpaired) electrons. The van der Waals surface area contributed by atoms with E-state index in [2.05, 4.69) is 59.5 Å². The van der Waals surface area contributed by atoms with Crippen molar-refractivity contribution < 1.29 is 0 Å². The summed E-state index contributed by atoms with van der Waals surface area (Å²) in [6, 6.07) is 15.2. The van der Waals surface area contributed by atoms with Crippen LogP contribution in [0, 0.1) is 11.3 Å². The summed E-state index contributed by atoms with van der Waals surface area (Å²) in [7, 11) is 4.10. The molecule has 0 spiro atoms. The summed E-state index contributed by atoms with van der Waals surface area (Å²) in [5.41, 5.74) is 4.29. The Kier molecular flexibility index (Phi) is 3.50. The lowest BCUT2D eigenvalue weighted by atomic mass is 9.92. The van der Waals surface area contributed by atoms with Crippen molar-refractivity contribution in [3.8, 4) is 6.07 Å². The summed E-state index contributed by atoms with van der Waals surface area (Å²) in [4.78, 5) is 2.10. The molecule has 3 rings (SSSR count). The van der Waals surface area contributed by atoms with Crippen LogP contribution in [-0.2, 0) is 0 Å². The quantitative estimate of drug-likeness (QED) is 0.804. The van der Waals surface area contributed by atoms with Gasteiger partial charge in [-0.25, -0.2) is 0 Å². The SMILES string of the molecule is CN(C)c1ccc2cc(C3=C(C#N)CCC=C3)ccc2c1. The minimum absolute atomic E-state index is 0.847. The third-order valence-electron chi connectivity index (χ3n) is 3.96. The van der Waals surface area contributed by atoms with Crippen molar-refractivity contribution in [2.45, 2.75) is 12.8 Å². The van der Waals surface area contributed by atoms with Crippen molar-refractivity contribution in [1.82, 2.24) is 0 Å². The monoisotopic (exact) mass is 274 g/mol. The maximum Gasteiger partial charge on any atom is 0.0953 e. The maximum atomic E-state index is 9.29. The van der Waals surface area contributed by atoms with Crippen molar-refractivity contribution in [2.24, 2.45) is 0 Å². The molecular weight excluding hydrogens is 256 g/mol. The van der Waals surface area contributed by atoms with Crippen LogP contribution in [-0.4, -0.2) is 14.1 Å². The second-order valence-corrected chi connectivity index (χ2v) is 5.59. The van der Waals surface area contributed by atoms with Crippen molar-refractivity contribution in [1.29, 1.82) is 5.26 Å². The Morgan fingerprint density at radius 3 is 2.57 bits per heavy atom. The number of allylic oxidation sites excluding steroid dienone is 4. The van der Waals surface area contributed by atoms with E-state index < -0.39 is 0 Å². The van der Waals surface area contributed by atoms with Gasteiger partial charge in [0.2, 0.25) is 0 Å². The molecule has 1 aliphatic carbocycles. The van der Waals surface area contributed by atoms with Gasteiger partial charge in [0.05, 0.1) is 6.07 Å². The van der Waals surface area contributed by atoms with E-state index in [1.54, 1.807) is 0 Å². The average Bonchev–Trinajstić information content (AvgIpc) is 2.53. The van der Waals surface area contributed by atoms with Gasteiger partial charge in [-0.1, -0.05) is 30.4 Å². The number of rotatable bonds is 2. The number of nitrogens with zero attached hydrogens (tertiary/aromatic N) is 2. The van der Waals surface area contributed by atoms with Crippen molar-refractivity contribution in [3.05, 3.63) is 59.7 Å². The standard InChI is InChI=1S/C19H18N2/c1-21(2)18-10-9-14-11-16(8-7-15(14)12-18)19-6-4-3-5-17(19)13-20/h4,6-12H,3,5H2,1-2H3. The normalized spacial score (nSPS) is 14.3. The molecule has 0 heterocycles. The molecule has 104 valence electrons. The first-order valence-corrected chi connectivity index (χ1v) is 7.20. The molecule has 0 fully saturated rings. The molecule has 0 aromatic heterocycles. The van der Waals surface area contributed by atoms with Gasteiger partial charge < -0.3 is 4.90 Å². The highest BCUT2D eigenvalue weighted by Crippen LogP contribution is 2.30. The van der Waals surface area contributed by atoms with Crippen LogP contribution < -0.4 is 4.90 Å². The van der Waals surface area contributed by atoms with Crippen LogP contribution in [0.4, 0.5) is 5.69 Å². The molecule has 2 heteroatoms. The fraction of sp³-hybridized carbons (Fsp3) is 0.211. The topological polar surface area (TPSA) is 27.0 Å². The second kappa shape index (κ2) is 5.46. The van der Waals surface area contributed by atoms with Crippen LogP contribution in [0.2, 0.25) is 0 Å². The van der Waals surface area contributed by atoms with Gasteiger partial charge >= 0.3 is 0 Å². The first-order chi connectivity index (χ1) is 10.2. The van der Waals surface area contributed by atoms with Gasteiger partial charge in [0.1, 0.15) is 0 Å². The highest BCUT2D eigenvalue weighted by atomic mass is 15.1. The van der Waals surface area contributed by atoms with E-state index in [4.69, 9.17) is 0 Å². The lowest BCUT2D eigenvalue weighted by molar-refractivity contribution is 0.999. The maximum absolute atomic E-state index is 9.29. The van der Waals surface area contributed by atoms with E-state index in [-0.39, 0.29) is 0 Å². The second-order valence-electron chi connectivity index (χ2n) is 5.59. The fourth-order valence-electron chi connectivity index (χ4n) is 2.73. The van der Waals surface area contributed by atoms with Crippen LogP contribution in [0.15, 0.2) is 54.1 Å². The Balaban J connectivity index is 2.10. The predicted octanol–water partition coefficient (Wildman–Crippen LogP) is 4.53. The van der Waals surface area contributed by atoms with Gasteiger partial charge in [-0.2, -0.15) is 5.26 Å². The zero-order chi connectivity index (χ0) is 14.8. The molecule has 0 unspecified atom stereocenters. The Morgan fingerprint density at radius 1 is 1.05 bits per heavy atom. The molecule has 0 saturated carbocycles. The summed E-state index contributed by atoms with van der Waals surface area (Å²) in [5, 5.41) is 11.7. The number of hydrogen-bond donors (Lipinski definition) is 0. The summed E-state index contributed by atoms with van der Waals surface area (Å²) >= 11 is 0. The van der Waals surface area contributed by atoms with Crippen LogP contribution in [0.5, 0.6) is 0 Å². The first-order valence-electron chi connectivity index (χ1n) is 7.20. The lowest BCUT2D eigenvalue weighted by Crippen LogP contribution is -2.08. The predicted molar refractivity (Wildman–Crippen MR) is 89.2 cm³/mol. The molecule has 2 aromatic carbocycles. The highest BCUT2D eigenvalue weighted by Gasteiger charge is 2.10. The molecule has 0 N–H and O–H groups in total. The smallest absolute Gasteiger partial charge is 0.0953 e. The molecule has 2 aromatic rings. The van der Waals surface area contributed by atoms with Crippen molar-refractivity contribution >= 4 is 22.0 Å². The number of fused-ring (bicyclic) bond motifs is 1. The first kappa shape index (κ1) is 13.5. The van der Waals surface area contributed by atoms with E-state index in [1.807, 2.05) is 14.1 Å². The molecular formula is C19H18N2. The molecule has 1 aliphatic rings. The van der Waals surface area contributed by atoms with Gasteiger partial charge in [0.25, 0.3) is 0 Å². The summed E-state index contributed by atoms with van der Waals surface area (Å²) in [5.74, 6) is 0. The molecule has 0 atom stereocenters. The van der Waals surface area contributed by atoms with Crippen molar-refractivity contribution in [2.75, 3.05) is 19.0 Å². The van der Waals surface area contributed by atoms with Crippen LogP contribution >= 0.6 is 0 Å². The molecule has 2 nitrogen and oxygen atoms in total. The van der Waals surface area contributed by atoms with E-state index in [9.17, 15) is 5.26 Å². The van der Waals surface area contributed by atoms with Gasteiger partial charge in [-0.05, 0) is 52.9 Å². The summed E-state index contributed by atoms with van der Waals surface area (Å²) in [6.45, 7) is 0. The number of hydrogen-bond acceptors (Lipinski definition) is 2. The van der Waals surface area contributed by atoms with Crippen LogP contribution in [0.3, 0.4) is 0 Å². The highest BCUT2D eigenvalue weighted by molar-refractivity contribution is 5.91. The Morgan fingerprint density at radius 2 is 1.81 bits per heavy atom. The van der Waals surface area contributed by atoms with Gasteiger partial charge in [0, 0.05) is 25.4 Å². The lowest BCUT2D eigenvalue weighted by Gasteiger charge is -2.14. The van der Waals surface area contributed by atoms with Gasteiger partial charge in [-0.3, -0.25) is 0 Å². The minimum Gasteiger partial charge on any atom is -0.378 e. The van der Waals surface area contributed by atoms with Crippen molar-refractivity contribution in [3.63, 3.8) is 0 Å². The van der Waals surface area contributed by atoms with E-state index in [1.165, 1.54) is 16.5 Å². The molecule has 21 heavy (non-hydrogen) atoms. The van der Waals surface area contributed by atoms with Gasteiger partial charge in [-0.15, -0.1) is 0 Å². The van der Waals surface area contributed by atoms with Crippen LogP contribution in [0.1, 0.15) is 18.4 Å².